The van der Waals surface area contributed by atoms with Crippen molar-refractivity contribution in [2.45, 2.75) is 25.7 Å². The number of ether oxygens (including phenoxy) is 3. The van der Waals surface area contributed by atoms with Crippen LogP contribution in [-0.2, 0) is 32.2 Å². The smallest absolute Gasteiger partial charge is 0.314 e. The highest BCUT2D eigenvalue weighted by Crippen LogP contribution is 2.19. The fraction of sp³-hybridized carbons (Fsp3) is 0.250. The van der Waals surface area contributed by atoms with Gasteiger partial charge in [0.25, 0.3) is 0 Å². The van der Waals surface area contributed by atoms with Gasteiger partial charge in [0.15, 0.2) is 0 Å². The molecule has 1 heterocycles. The first-order chi connectivity index (χ1) is 11.8. The third kappa shape index (κ3) is 4.78. The normalized spacial score (nSPS) is 15.0. The first-order valence-corrected chi connectivity index (χ1v) is 7.99. The van der Waals surface area contributed by atoms with Gasteiger partial charge in [-0.05, 0) is 17.2 Å². The van der Waals surface area contributed by atoms with E-state index in [9.17, 15) is 4.79 Å². The van der Waals surface area contributed by atoms with Crippen LogP contribution in [0.5, 0.6) is 0 Å². The average Bonchev–Trinajstić information content (AvgIpc) is 3.06. The zero-order chi connectivity index (χ0) is 16.6. The summed E-state index contributed by atoms with van der Waals surface area (Å²) in [6.45, 7) is 1.27. The van der Waals surface area contributed by atoms with Crippen LogP contribution in [0.3, 0.4) is 0 Å². The molecule has 2 aromatic carbocycles. The Kier molecular flexibility index (Phi) is 5.77. The van der Waals surface area contributed by atoms with Crippen molar-refractivity contribution in [3.05, 3.63) is 83.6 Å². The van der Waals surface area contributed by atoms with Crippen LogP contribution < -0.4 is 0 Å². The first-order valence-electron chi connectivity index (χ1n) is 7.99. The van der Waals surface area contributed by atoms with E-state index in [-0.39, 0.29) is 12.1 Å². The van der Waals surface area contributed by atoms with Gasteiger partial charge in [0.2, 0.25) is 0 Å². The lowest BCUT2D eigenvalue weighted by Crippen LogP contribution is -2.23. The SMILES string of the molecule is O=C1CC=C(C(COCc2ccccc2)OCc2ccccc2)O1. The second-order valence-electron chi connectivity index (χ2n) is 5.57. The maximum atomic E-state index is 11.4. The highest BCUT2D eigenvalue weighted by molar-refractivity contribution is 5.75. The average molecular weight is 324 g/mol. The van der Waals surface area contributed by atoms with Gasteiger partial charge in [-0.25, -0.2) is 0 Å². The van der Waals surface area contributed by atoms with E-state index in [0.29, 0.717) is 32.0 Å². The van der Waals surface area contributed by atoms with Crippen molar-refractivity contribution in [2.75, 3.05) is 6.61 Å². The molecular weight excluding hydrogens is 304 g/mol. The summed E-state index contributed by atoms with van der Waals surface area (Å²) in [7, 11) is 0. The summed E-state index contributed by atoms with van der Waals surface area (Å²) >= 11 is 0. The summed E-state index contributed by atoms with van der Waals surface area (Å²) in [5, 5.41) is 0. The molecule has 0 N–H and O–H groups in total. The molecule has 0 aliphatic carbocycles. The van der Waals surface area contributed by atoms with Crippen molar-refractivity contribution in [1.82, 2.24) is 0 Å². The van der Waals surface area contributed by atoms with Gasteiger partial charge in [0.05, 0.1) is 26.2 Å². The maximum absolute atomic E-state index is 11.4. The highest BCUT2D eigenvalue weighted by atomic mass is 16.6. The Labute approximate surface area is 141 Å². The number of esters is 1. The molecule has 0 saturated carbocycles. The molecule has 0 fully saturated rings. The van der Waals surface area contributed by atoms with Crippen LogP contribution in [0.25, 0.3) is 0 Å². The molecule has 124 valence electrons. The van der Waals surface area contributed by atoms with E-state index in [4.69, 9.17) is 14.2 Å². The standard InChI is InChI=1S/C20H20O4/c21-20-12-11-18(24-20)19(23-14-17-9-5-2-6-10-17)15-22-13-16-7-3-1-4-8-16/h1-11,19H,12-15H2. The molecule has 1 aliphatic heterocycles. The molecule has 0 amide bonds. The molecule has 0 spiro atoms. The lowest BCUT2D eigenvalue weighted by molar-refractivity contribution is -0.139. The van der Waals surface area contributed by atoms with Crippen molar-refractivity contribution in [3.63, 3.8) is 0 Å². The molecular formula is C20H20O4. The lowest BCUT2D eigenvalue weighted by atomic mass is 10.2. The van der Waals surface area contributed by atoms with E-state index in [2.05, 4.69) is 0 Å². The summed E-state index contributed by atoms with van der Waals surface area (Å²) in [4.78, 5) is 11.4. The minimum atomic E-state index is -0.389. The zero-order valence-corrected chi connectivity index (χ0v) is 13.4. The molecule has 1 unspecified atom stereocenters. The lowest BCUT2D eigenvalue weighted by Gasteiger charge is -2.18. The van der Waals surface area contributed by atoms with Gasteiger partial charge in [-0.1, -0.05) is 60.7 Å². The Morgan fingerprint density at radius 3 is 2.12 bits per heavy atom. The fourth-order valence-electron chi connectivity index (χ4n) is 2.44. The number of hydrogen-bond acceptors (Lipinski definition) is 4. The van der Waals surface area contributed by atoms with Crippen molar-refractivity contribution in [3.8, 4) is 0 Å². The third-order valence-corrected chi connectivity index (χ3v) is 3.69. The number of carbonyl (C=O) groups is 1. The molecule has 1 aliphatic rings. The summed E-state index contributed by atoms with van der Waals surface area (Å²) in [5.74, 6) is 0.297. The van der Waals surface area contributed by atoms with Crippen molar-refractivity contribution in [2.24, 2.45) is 0 Å². The Morgan fingerprint density at radius 2 is 1.54 bits per heavy atom. The minimum Gasteiger partial charge on any atom is -0.428 e. The van der Waals surface area contributed by atoms with Crippen LogP contribution >= 0.6 is 0 Å². The van der Waals surface area contributed by atoms with Crippen LogP contribution in [0.2, 0.25) is 0 Å². The van der Waals surface area contributed by atoms with E-state index in [0.717, 1.165) is 11.1 Å². The molecule has 0 radical (unpaired) electrons. The minimum absolute atomic E-state index is 0.249. The van der Waals surface area contributed by atoms with Gasteiger partial charge >= 0.3 is 5.97 Å². The van der Waals surface area contributed by atoms with Gasteiger partial charge in [-0.3, -0.25) is 4.79 Å². The number of carbonyl (C=O) groups excluding carboxylic acids is 1. The molecule has 2 aromatic rings. The van der Waals surface area contributed by atoms with Crippen molar-refractivity contribution in [1.29, 1.82) is 0 Å². The van der Waals surface area contributed by atoms with Gasteiger partial charge in [-0.2, -0.15) is 0 Å². The van der Waals surface area contributed by atoms with Crippen LogP contribution in [0.4, 0.5) is 0 Å². The van der Waals surface area contributed by atoms with Crippen LogP contribution in [-0.4, -0.2) is 18.7 Å². The molecule has 4 nitrogen and oxygen atoms in total. The Balaban J connectivity index is 1.56. The topological polar surface area (TPSA) is 44.8 Å². The molecule has 1 atom stereocenters. The van der Waals surface area contributed by atoms with Crippen LogP contribution in [0.1, 0.15) is 17.5 Å². The second kappa shape index (κ2) is 8.43. The fourth-order valence-corrected chi connectivity index (χ4v) is 2.44. The predicted molar refractivity (Wildman–Crippen MR) is 89.9 cm³/mol. The Bertz CT molecular complexity index is 679. The van der Waals surface area contributed by atoms with Gasteiger partial charge < -0.3 is 14.2 Å². The van der Waals surface area contributed by atoms with E-state index < -0.39 is 0 Å². The second-order valence-corrected chi connectivity index (χ2v) is 5.57. The largest absolute Gasteiger partial charge is 0.428 e. The third-order valence-electron chi connectivity index (χ3n) is 3.69. The summed E-state index contributed by atoms with van der Waals surface area (Å²) in [6.07, 6.45) is 1.67. The van der Waals surface area contributed by atoms with Gasteiger partial charge in [-0.15, -0.1) is 0 Å². The first kappa shape index (κ1) is 16.4. The molecule has 0 bridgehead atoms. The number of cyclic esters (lactones) is 1. The quantitative estimate of drug-likeness (QED) is 0.696. The Morgan fingerprint density at radius 1 is 0.917 bits per heavy atom. The Hall–Kier alpha value is -2.43. The summed E-state index contributed by atoms with van der Waals surface area (Å²) in [6, 6.07) is 19.8. The zero-order valence-electron chi connectivity index (χ0n) is 13.4. The van der Waals surface area contributed by atoms with E-state index >= 15 is 0 Å². The van der Waals surface area contributed by atoms with E-state index in [1.54, 1.807) is 6.08 Å². The molecule has 3 rings (SSSR count). The molecule has 24 heavy (non-hydrogen) atoms. The van der Waals surface area contributed by atoms with E-state index in [1.165, 1.54) is 0 Å². The monoisotopic (exact) mass is 324 g/mol. The molecule has 0 aromatic heterocycles. The summed E-state index contributed by atoms with van der Waals surface area (Å²) in [5.41, 5.74) is 2.16. The summed E-state index contributed by atoms with van der Waals surface area (Å²) < 4.78 is 16.9. The molecule has 4 heteroatoms. The van der Waals surface area contributed by atoms with Gasteiger partial charge in [0, 0.05) is 0 Å². The van der Waals surface area contributed by atoms with Crippen molar-refractivity contribution >= 4 is 5.97 Å². The predicted octanol–water partition coefficient (Wildman–Crippen LogP) is 3.62. The van der Waals surface area contributed by atoms with Crippen molar-refractivity contribution < 1.29 is 19.0 Å². The maximum Gasteiger partial charge on any atom is 0.314 e. The van der Waals surface area contributed by atoms with Gasteiger partial charge in [0.1, 0.15) is 11.9 Å². The van der Waals surface area contributed by atoms with Crippen LogP contribution in [0, 0.1) is 0 Å². The number of benzene rings is 2. The molecule has 0 saturated heterocycles. The van der Waals surface area contributed by atoms with Crippen LogP contribution in [0.15, 0.2) is 72.5 Å². The number of rotatable bonds is 8. The van der Waals surface area contributed by atoms with E-state index in [1.807, 2.05) is 60.7 Å². The highest BCUT2D eigenvalue weighted by Gasteiger charge is 2.24. The number of hydrogen-bond donors (Lipinski definition) is 0.